The summed E-state index contributed by atoms with van der Waals surface area (Å²) in [6, 6.07) is 8.37. The maximum absolute atomic E-state index is 4.19. The van der Waals surface area contributed by atoms with Crippen LogP contribution in [-0.2, 0) is 0 Å². The van der Waals surface area contributed by atoms with Crippen molar-refractivity contribution in [3.8, 4) is 0 Å². The lowest BCUT2D eigenvalue weighted by Crippen LogP contribution is -2.16. The van der Waals surface area contributed by atoms with Crippen molar-refractivity contribution in [1.29, 1.82) is 0 Å². The van der Waals surface area contributed by atoms with Gasteiger partial charge in [0.25, 0.3) is 0 Å². The summed E-state index contributed by atoms with van der Waals surface area (Å²) in [4.78, 5) is 10.4. The average molecular weight is 391 g/mol. The van der Waals surface area contributed by atoms with E-state index in [9.17, 15) is 0 Å². The molecule has 0 saturated heterocycles. The molecule has 0 radical (unpaired) electrons. The summed E-state index contributed by atoms with van der Waals surface area (Å²) in [6.07, 6.45) is 15.7. The van der Waals surface area contributed by atoms with Crippen LogP contribution in [0.15, 0.2) is 84.3 Å². The van der Waals surface area contributed by atoms with Crippen molar-refractivity contribution < 1.29 is 0 Å². The zero-order valence-electron chi connectivity index (χ0n) is 18.6. The fourth-order valence-corrected chi connectivity index (χ4v) is 2.57. The number of nitrogens with zero attached hydrogens (tertiary/aromatic N) is 4. The van der Waals surface area contributed by atoms with Gasteiger partial charge in [-0.2, -0.15) is 0 Å². The molecule has 4 heteroatoms. The zero-order valence-corrected chi connectivity index (χ0v) is 18.6. The first kappa shape index (κ1) is 23.9. The molecule has 0 unspecified atom stereocenters. The number of rotatable bonds is 4. The van der Waals surface area contributed by atoms with Crippen molar-refractivity contribution in [1.82, 2.24) is 9.55 Å². The minimum absolute atomic E-state index is 0.794. The van der Waals surface area contributed by atoms with Crippen LogP contribution in [0, 0.1) is 13.8 Å². The second-order valence-electron chi connectivity index (χ2n) is 6.26. The number of aromatic nitrogens is 2. The summed E-state index contributed by atoms with van der Waals surface area (Å²) in [5.41, 5.74) is 4.70. The van der Waals surface area contributed by atoms with E-state index in [4.69, 9.17) is 0 Å². The van der Waals surface area contributed by atoms with Crippen LogP contribution in [0.5, 0.6) is 0 Å². The quantitative estimate of drug-likeness (QED) is 0.553. The van der Waals surface area contributed by atoms with E-state index in [0.29, 0.717) is 0 Å². The Bertz CT molecular complexity index is 870. The highest BCUT2D eigenvalue weighted by atomic mass is 15.1. The van der Waals surface area contributed by atoms with Crippen LogP contribution in [0.1, 0.15) is 39.1 Å². The number of hydrogen-bond acceptors (Lipinski definition) is 3. The third-order valence-corrected chi connectivity index (χ3v) is 4.08. The Labute approximate surface area is 176 Å². The number of allylic oxidation sites excluding steroid dienone is 5. The second-order valence-corrected chi connectivity index (χ2v) is 6.26. The van der Waals surface area contributed by atoms with Crippen molar-refractivity contribution >= 4 is 17.7 Å². The number of anilines is 1. The molecule has 0 spiro atoms. The van der Waals surface area contributed by atoms with Gasteiger partial charge in [-0.1, -0.05) is 44.7 Å². The minimum Gasteiger partial charge on any atom is -0.308 e. The molecule has 1 aliphatic heterocycles. The van der Waals surface area contributed by atoms with Crippen LogP contribution >= 0.6 is 0 Å². The van der Waals surface area contributed by atoms with Crippen molar-refractivity contribution in [3.63, 3.8) is 0 Å². The van der Waals surface area contributed by atoms with Crippen molar-refractivity contribution in [2.75, 3.05) is 11.4 Å². The van der Waals surface area contributed by atoms with Crippen LogP contribution in [0.2, 0.25) is 0 Å². The largest absolute Gasteiger partial charge is 0.308 e. The van der Waals surface area contributed by atoms with Crippen molar-refractivity contribution in [2.45, 2.75) is 41.5 Å². The number of aryl methyl sites for hydroxylation is 2. The standard InChI is InChI=1S/C12H16N2.C11H12N2.C2H6/c1-5-10(3)9-12(6-2)14-8-7-13-11(14)4;1-10-4-2-5-11(8-10)13-7-3-6-12-9-13;1-2/h5-9H,1H2,2-4H3;2-5,7-9H,6H2,1H3;1-2H3/b10-9-,12-6+;;. The van der Waals surface area contributed by atoms with E-state index in [1.807, 2.05) is 75.0 Å². The first-order valence-electron chi connectivity index (χ1n) is 10.0. The summed E-state index contributed by atoms with van der Waals surface area (Å²) >= 11 is 0. The van der Waals surface area contributed by atoms with Crippen LogP contribution in [0.4, 0.5) is 5.69 Å². The van der Waals surface area contributed by atoms with Gasteiger partial charge >= 0.3 is 0 Å². The summed E-state index contributed by atoms with van der Waals surface area (Å²) in [5, 5.41) is 0. The molecule has 4 nitrogen and oxygen atoms in total. The Morgan fingerprint density at radius 3 is 2.48 bits per heavy atom. The number of benzene rings is 1. The molecule has 0 N–H and O–H groups in total. The van der Waals surface area contributed by atoms with Gasteiger partial charge in [-0.05, 0) is 63.1 Å². The predicted molar refractivity (Wildman–Crippen MR) is 128 cm³/mol. The number of imidazole rings is 1. The molecule has 0 fully saturated rings. The topological polar surface area (TPSA) is 33.4 Å². The maximum atomic E-state index is 4.19. The normalized spacial score (nSPS) is 13.2. The van der Waals surface area contributed by atoms with Crippen LogP contribution in [0.25, 0.3) is 5.70 Å². The monoisotopic (exact) mass is 390 g/mol. The molecular formula is C25H34N4. The molecule has 1 aromatic carbocycles. The molecule has 0 saturated carbocycles. The van der Waals surface area contributed by atoms with Crippen molar-refractivity contribution in [3.05, 3.63) is 90.7 Å². The maximum Gasteiger partial charge on any atom is 0.110 e. The van der Waals surface area contributed by atoms with Gasteiger partial charge in [-0.15, -0.1) is 0 Å². The highest BCUT2D eigenvalue weighted by Gasteiger charge is 2.01. The fourth-order valence-electron chi connectivity index (χ4n) is 2.57. The van der Waals surface area contributed by atoms with E-state index in [-0.39, 0.29) is 0 Å². The first-order valence-corrected chi connectivity index (χ1v) is 10.0. The summed E-state index contributed by atoms with van der Waals surface area (Å²) in [6.45, 7) is 16.6. The van der Waals surface area contributed by atoms with E-state index in [2.05, 4.69) is 59.9 Å². The Balaban J connectivity index is 0.000000268. The van der Waals surface area contributed by atoms with Gasteiger partial charge in [0.15, 0.2) is 0 Å². The Morgan fingerprint density at radius 1 is 1.21 bits per heavy atom. The molecular weight excluding hydrogens is 356 g/mol. The van der Waals surface area contributed by atoms with Gasteiger partial charge in [0.1, 0.15) is 5.82 Å². The third-order valence-electron chi connectivity index (χ3n) is 4.08. The fraction of sp³-hybridized carbons (Fsp3) is 0.280. The van der Waals surface area contributed by atoms with E-state index >= 15 is 0 Å². The van der Waals surface area contributed by atoms with Gasteiger partial charge in [-0.3, -0.25) is 4.99 Å². The van der Waals surface area contributed by atoms with E-state index in [0.717, 1.165) is 23.6 Å². The van der Waals surface area contributed by atoms with Gasteiger partial charge in [0.05, 0.1) is 12.9 Å². The summed E-state index contributed by atoms with van der Waals surface area (Å²) in [7, 11) is 0. The molecule has 2 heterocycles. The number of aliphatic imine (C=N–C) groups is 1. The lowest BCUT2D eigenvalue weighted by atomic mass is 10.2. The predicted octanol–water partition coefficient (Wildman–Crippen LogP) is 6.57. The lowest BCUT2D eigenvalue weighted by molar-refractivity contribution is 1.00. The molecule has 2 aromatic rings. The zero-order chi connectivity index (χ0) is 21.6. The van der Waals surface area contributed by atoms with Crippen LogP contribution in [-0.4, -0.2) is 22.4 Å². The van der Waals surface area contributed by atoms with E-state index in [1.165, 1.54) is 11.3 Å². The molecule has 154 valence electrons. The highest BCUT2D eigenvalue weighted by Crippen LogP contribution is 2.16. The van der Waals surface area contributed by atoms with Gasteiger partial charge in [0.2, 0.25) is 0 Å². The van der Waals surface area contributed by atoms with Gasteiger partial charge in [0, 0.05) is 30.0 Å². The van der Waals surface area contributed by atoms with E-state index in [1.54, 1.807) is 6.20 Å². The second kappa shape index (κ2) is 13.1. The average Bonchev–Trinajstić information content (AvgIpc) is 3.20. The Hall–Kier alpha value is -3.14. The molecule has 1 aliphatic rings. The molecule has 1 aromatic heterocycles. The molecule has 3 rings (SSSR count). The van der Waals surface area contributed by atoms with Crippen LogP contribution in [0.3, 0.4) is 0 Å². The Morgan fingerprint density at radius 2 is 1.97 bits per heavy atom. The SMILES string of the molecule is C=C/C(C)=C\C(=C/C)n1ccnc1C.CC.Cc1cccc(N2C=CCN=C2)c1. The smallest absolute Gasteiger partial charge is 0.110 e. The Kier molecular flexibility index (Phi) is 10.8. The molecule has 0 bridgehead atoms. The molecule has 0 atom stereocenters. The van der Waals surface area contributed by atoms with Gasteiger partial charge < -0.3 is 9.47 Å². The molecule has 29 heavy (non-hydrogen) atoms. The highest BCUT2D eigenvalue weighted by molar-refractivity contribution is 5.82. The molecule has 0 amide bonds. The van der Waals surface area contributed by atoms with Gasteiger partial charge in [-0.25, -0.2) is 4.98 Å². The van der Waals surface area contributed by atoms with Crippen LogP contribution < -0.4 is 4.90 Å². The number of hydrogen-bond donors (Lipinski definition) is 0. The van der Waals surface area contributed by atoms with E-state index < -0.39 is 0 Å². The van der Waals surface area contributed by atoms with Crippen molar-refractivity contribution in [2.24, 2.45) is 4.99 Å². The minimum atomic E-state index is 0.794. The first-order chi connectivity index (χ1) is 14.0. The molecule has 0 aliphatic carbocycles. The lowest BCUT2D eigenvalue weighted by Gasteiger charge is -2.17. The third kappa shape index (κ3) is 7.78. The summed E-state index contributed by atoms with van der Waals surface area (Å²) < 4.78 is 2.05. The summed E-state index contributed by atoms with van der Waals surface area (Å²) in [5.74, 6) is 0.992.